The number of nitrogens with zero attached hydrogens (tertiary/aromatic N) is 1. The van der Waals surface area contributed by atoms with E-state index in [0.717, 1.165) is 29.8 Å². The fourth-order valence-corrected chi connectivity index (χ4v) is 8.72. The zero-order valence-corrected chi connectivity index (χ0v) is 21.3. The molecule has 182 valence electrons. The van der Waals surface area contributed by atoms with E-state index in [9.17, 15) is 18.0 Å². The third-order valence-electron chi connectivity index (χ3n) is 7.86. The van der Waals surface area contributed by atoms with Crippen molar-refractivity contribution in [2.45, 2.75) is 63.9 Å². The molecule has 1 amide bonds. The average Bonchev–Trinajstić information content (AvgIpc) is 3.26. The Kier molecular flexibility index (Phi) is 5.51. The van der Waals surface area contributed by atoms with Gasteiger partial charge in [-0.25, -0.2) is 13.4 Å². The predicted molar refractivity (Wildman–Crippen MR) is 129 cm³/mol. The third-order valence-corrected chi connectivity index (χ3v) is 10.3. The van der Waals surface area contributed by atoms with Gasteiger partial charge in [0.25, 0.3) is 10.0 Å². The van der Waals surface area contributed by atoms with Gasteiger partial charge >= 0.3 is 5.97 Å². The number of rotatable bonds is 4. The largest absolute Gasteiger partial charge is 0.461 e. The van der Waals surface area contributed by atoms with Gasteiger partial charge in [-0.05, 0) is 48.9 Å². The van der Waals surface area contributed by atoms with Crippen molar-refractivity contribution in [1.82, 2.24) is 4.98 Å². The summed E-state index contributed by atoms with van der Waals surface area (Å²) < 4.78 is 34.5. The van der Waals surface area contributed by atoms with Crippen molar-refractivity contribution in [3.05, 3.63) is 34.8 Å². The second-order valence-electron chi connectivity index (χ2n) is 10.2. The van der Waals surface area contributed by atoms with Gasteiger partial charge in [-0.1, -0.05) is 20.8 Å². The van der Waals surface area contributed by atoms with E-state index in [0.29, 0.717) is 10.8 Å². The van der Waals surface area contributed by atoms with Gasteiger partial charge in [-0.15, -0.1) is 11.3 Å². The molecular formula is C24H29N3O5S2. The minimum Gasteiger partial charge on any atom is -0.461 e. The van der Waals surface area contributed by atoms with Gasteiger partial charge < -0.3 is 10.1 Å². The molecule has 1 saturated heterocycles. The monoisotopic (exact) mass is 503 g/mol. The van der Waals surface area contributed by atoms with Gasteiger partial charge in [0, 0.05) is 35.2 Å². The molecule has 3 aliphatic rings. The van der Waals surface area contributed by atoms with Crippen LogP contribution in [-0.4, -0.2) is 31.4 Å². The van der Waals surface area contributed by atoms with Crippen molar-refractivity contribution < 1.29 is 22.7 Å². The second-order valence-corrected chi connectivity index (χ2v) is 12.9. The molecule has 1 aromatic carbocycles. The molecule has 0 unspecified atom stereocenters. The Bertz CT molecular complexity index is 1260. The molecule has 34 heavy (non-hydrogen) atoms. The first-order chi connectivity index (χ1) is 16.0. The van der Waals surface area contributed by atoms with Gasteiger partial charge in [0.15, 0.2) is 5.13 Å². The summed E-state index contributed by atoms with van der Waals surface area (Å²) in [6.07, 6.45) is 2.69. The quantitative estimate of drug-likeness (QED) is 0.606. The molecule has 8 nitrogen and oxygen atoms in total. The summed E-state index contributed by atoms with van der Waals surface area (Å²) in [7, 11) is -3.83. The number of esters is 1. The molecule has 2 N–H and O–H groups in total. The standard InChI is InChI=1S/C24H29N3O5S2/c1-12-17-9-10-24(4)11-18-20(13(2)19(24)21(17)32-22(12)29)26-23(33-18)27-34(30,31)16-7-5-15(6-8-16)25-14(3)28/h5-8,12-13,17,19,21H,9-11H2,1-4H3,(H,25,28)(H,26,27)/t12-,13+,17-,19+,21+,24+/m0/s1. The molecule has 2 heterocycles. The average molecular weight is 504 g/mol. The maximum Gasteiger partial charge on any atom is 0.309 e. The zero-order chi connectivity index (χ0) is 24.4. The molecule has 2 aromatic rings. The minimum absolute atomic E-state index is 0.0137. The smallest absolute Gasteiger partial charge is 0.309 e. The summed E-state index contributed by atoms with van der Waals surface area (Å²) in [6, 6.07) is 6.01. The summed E-state index contributed by atoms with van der Waals surface area (Å²) in [5.74, 6) is 0.0726. The van der Waals surface area contributed by atoms with Gasteiger partial charge in [0.2, 0.25) is 5.91 Å². The number of ether oxygens (including phenoxy) is 1. The first kappa shape index (κ1) is 23.3. The normalized spacial score (nSPS) is 32.2. The topological polar surface area (TPSA) is 114 Å². The van der Waals surface area contributed by atoms with Crippen LogP contribution in [0.1, 0.15) is 57.0 Å². The molecule has 0 radical (unpaired) electrons. The van der Waals surface area contributed by atoms with Crippen molar-refractivity contribution in [3.63, 3.8) is 0 Å². The Balaban J connectivity index is 1.40. The number of anilines is 2. The summed E-state index contributed by atoms with van der Waals surface area (Å²) in [4.78, 5) is 29.4. The highest BCUT2D eigenvalue weighted by Gasteiger charge is 2.58. The molecule has 1 saturated carbocycles. The molecule has 5 rings (SSSR count). The Morgan fingerprint density at radius 2 is 1.91 bits per heavy atom. The fourth-order valence-electron chi connectivity index (χ4n) is 6.22. The first-order valence-electron chi connectivity index (χ1n) is 11.6. The van der Waals surface area contributed by atoms with E-state index in [2.05, 4.69) is 23.9 Å². The van der Waals surface area contributed by atoms with Gasteiger partial charge in [-0.2, -0.15) is 0 Å². The lowest BCUT2D eigenvalue weighted by atomic mass is 9.54. The van der Waals surface area contributed by atoms with Gasteiger partial charge in [0.05, 0.1) is 16.5 Å². The van der Waals surface area contributed by atoms with E-state index in [1.54, 1.807) is 12.1 Å². The van der Waals surface area contributed by atoms with Crippen LogP contribution in [0.4, 0.5) is 10.8 Å². The highest BCUT2D eigenvalue weighted by atomic mass is 32.2. The van der Waals surface area contributed by atoms with Crippen molar-refractivity contribution in [3.8, 4) is 0 Å². The molecule has 1 aromatic heterocycles. The lowest BCUT2D eigenvalue weighted by Gasteiger charge is -2.51. The Hall–Kier alpha value is -2.46. The van der Waals surface area contributed by atoms with E-state index >= 15 is 0 Å². The van der Waals surface area contributed by atoms with Crippen LogP contribution < -0.4 is 10.0 Å². The molecule has 6 atom stereocenters. The maximum atomic E-state index is 13.0. The lowest BCUT2D eigenvalue weighted by molar-refractivity contribution is -0.149. The van der Waals surface area contributed by atoms with Crippen LogP contribution in [0.2, 0.25) is 0 Å². The summed E-state index contributed by atoms with van der Waals surface area (Å²) in [6.45, 7) is 7.75. The number of sulfonamides is 1. The molecule has 2 fully saturated rings. The molecule has 0 spiro atoms. The SMILES string of the molecule is CC(=O)Nc1ccc(S(=O)(=O)Nc2nc3c(s2)C[C@@]2(C)CC[C@@H]4[C@@H](OC(=O)[C@H]4C)[C@H]2[C@H]3C)cc1. The highest BCUT2D eigenvalue weighted by molar-refractivity contribution is 7.93. The van der Waals surface area contributed by atoms with E-state index in [4.69, 9.17) is 9.72 Å². The van der Waals surface area contributed by atoms with E-state index < -0.39 is 10.0 Å². The van der Waals surface area contributed by atoms with E-state index in [1.807, 2.05) is 6.92 Å². The number of amides is 1. The molecular weight excluding hydrogens is 474 g/mol. The van der Waals surface area contributed by atoms with Crippen LogP contribution in [0.3, 0.4) is 0 Å². The summed E-state index contributed by atoms with van der Waals surface area (Å²) >= 11 is 1.39. The van der Waals surface area contributed by atoms with Crippen LogP contribution in [0.5, 0.6) is 0 Å². The van der Waals surface area contributed by atoms with Crippen LogP contribution in [0.25, 0.3) is 0 Å². The number of hydrogen-bond acceptors (Lipinski definition) is 7. The highest BCUT2D eigenvalue weighted by Crippen LogP contribution is 2.59. The Morgan fingerprint density at radius 1 is 1.21 bits per heavy atom. The van der Waals surface area contributed by atoms with Crippen molar-refractivity contribution in [2.24, 2.45) is 23.2 Å². The molecule has 2 aliphatic carbocycles. The van der Waals surface area contributed by atoms with Crippen molar-refractivity contribution in [2.75, 3.05) is 10.0 Å². The maximum absolute atomic E-state index is 13.0. The molecule has 1 aliphatic heterocycles. The number of carbonyl (C=O) groups excluding carboxylic acids is 2. The number of benzene rings is 1. The van der Waals surface area contributed by atoms with Crippen LogP contribution in [0.15, 0.2) is 29.2 Å². The summed E-state index contributed by atoms with van der Waals surface area (Å²) in [5.41, 5.74) is 1.42. The van der Waals surface area contributed by atoms with Crippen LogP contribution in [-0.2, 0) is 30.8 Å². The van der Waals surface area contributed by atoms with Crippen molar-refractivity contribution >= 4 is 44.1 Å². The Morgan fingerprint density at radius 3 is 2.59 bits per heavy atom. The second kappa shape index (κ2) is 8.05. The van der Waals surface area contributed by atoms with Gasteiger partial charge in [-0.3, -0.25) is 14.3 Å². The van der Waals surface area contributed by atoms with Gasteiger partial charge in [0.1, 0.15) is 6.10 Å². The van der Waals surface area contributed by atoms with E-state index in [-0.39, 0.29) is 52.0 Å². The first-order valence-corrected chi connectivity index (χ1v) is 13.9. The lowest BCUT2D eigenvalue weighted by Crippen LogP contribution is -2.50. The predicted octanol–water partition coefficient (Wildman–Crippen LogP) is 4.16. The molecule has 0 bridgehead atoms. The number of fused-ring (bicyclic) bond motifs is 4. The number of aromatic nitrogens is 1. The number of thiazole rings is 1. The zero-order valence-electron chi connectivity index (χ0n) is 19.6. The van der Waals surface area contributed by atoms with Crippen LogP contribution >= 0.6 is 11.3 Å². The summed E-state index contributed by atoms with van der Waals surface area (Å²) in [5, 5.41) is 2.97. The number of nitrogens with one attached hydrogen (secondary N) is 2. The minimum atomic E-state index is -3.83. The fraction of sp³-hybridized carbons (Fsp3) is 0.542. The van der Waals surface area contributed by atoms with Crippen LogP contribution in [0, 0.1) is 23.2 Å². The van der Waals surface area contributed by atoms with E-state index in [1.165, 1.54) is 30.4 Å². The number of hydrogen-bond donors (Lipinski definition) is 2. The van der Waals surface area contributed by atoms with Crippen molar-refractivity contribution in [1.29, 1.82) is 0 Å². The Labute approximate surface area is 203 Å². The number of carbonyl (C=O) groups is 2. The third kappa shape index (κ3) is 3.80. The molecule has 10 heteroatoms.